The van der Waals surface area contributed by atoms with Crippen molar-refractivity contribution in [3.8, 4) is 16.9 Å². The normalized spacial score (nSPS) is 14.3. The molecule has 202 valence electrons. The highest BCUT2D eigenvalue weighted by Crippen LogP contribution is 2.35. The van der Waals surface area contributed by atoms with Crippen molar-refractivity contribution in [2.75, 3.05) is 44.0 Å². The highest BCUT2D eigenvalue weighted by atomic mass is 16.5. The van der Waals surface area contributed by atoms with Crippen molar-refractivity contribution in [1.29, 1.82) is 0 Å². The van der Waals surface area contributed by atoms with Gasteiger partial charge in [-0.05, 0) is 51.3 Å². The summed E-state index contributed by atoms with van der Waals surface area (Å²) in [6, 6.07) is 26.6. The van der Waals surface area contributed by atoms with Gasteiger partial charge in [-0.25, -0.2) is 4.79 Å². The zero-order valence-electron chi connectivity index (χ0n) is 23.2. The molecule has 1 heterocycles. The molecule has 0 radical (unpaired) electrons. The predicted octanol–water partition coefficient (Wildman–Crippen LogP) is 7.29. The predicted molar refractivity (Wildman–Crippen MR) is 160 cm³/mol. The van der Waals surface area contributed by atoms with Crippen molar-refractivity contribution < 1.29 is 14.3 Å². The Labute approximate surface area is 230 Å². The first kappa shape index (κ1) is 26.7. The van der Waals surface area contributed by atoms with Crippen LogP contribution in [0.25, 0.3) is 21.9 Å². The van der Waals surface area contributed by atoms with E-state index in [0.717, 1.165) is 66.0 Å². The summed E-state index contributed by atoms with van der Waals surface area (Å²) in [5.41, 5.74) is 6.04. The van der Waals surface area contributed by atoms with Crippen LogP contribution < -0.4 is 15.4 Å². The fraction of sp³-hybridized carbons (Fsp3) is 0.303. The maximum atomic E-state index is 13.1. The van der Waals surface area contributed by atoms with Gasteiger partial charge in [-0.15, -0.1) is 0 Å². The van der Waals surface area contributed by atoms with Gasteiger partial charge >= 0.3 is 6.03 Å². The molecule has 5 rings (SSSR count). The molecule has 0 spiro atoms. The van der Waals surface area contributed by atoms with Gasteiger partial charge in [0, 0.05) is 25.0 Å². The maximum absolute atomic E-state index is 13.1. The van der Waals surface area contributed by atoms with E-state index in [2.05, 4.69) is 72.7 Å². The Kier molecular flexibility index (Phi) is 7.87. The van der Waals surface area contributed by atoms with Gasteiger partial charge in [0.1, 0.15) is 5.75 Å². The molecule has 0 atom stereocenters. The van der Waals surface area contributed by atoms with E-state index in [-0.39, 0.29) is 11.4 Å². The quantitative estimate of drug-likeness (QED) is 0.279. The fourth-order valence-corrected chi connectivity index (χ4v) is 5.02. The second-order valence-electron chi connectivity index (χ2n) is 11.0. The van der Waals surface area contributed by atoms with E-state index < -0.39 is 0 Å². The SMILES string of the molecule is COc1ccc(C(C)(C)C)cc1NC(=O)Nc1ccc(-c2ccc(CN3CCOCC3)cc2)c2ccccc12. The average molecular weight is 524 g/mol. The summed E-state index contributed by atoms with van der Waals surface area (Å²) in [5.74, 6) is 0.621. The summed E-state index contributed by atoms with van der Waals surface area (Å²) >= 11 is 0. The van der Waals surface area contributed by atoms with Crippen LogP contribution in [0.1, 0.15) is 31.9 Å². The smallest absolute Gasteiger partial charge is 0.323 e. The molecule has 39 heavy (non-hydrogen) atoms. The Bertz CT molecular complexity index is 1450. The average Bonchev–Trinajstić information content (AvgIpc) is 2.94. The molecule has 1 aliphatic heterocycles. The van der Waals surface area contributed by atoms with E-state index in [1.54, 1.807) is 7.11 Å². The number of methoxy groups -OCH3 is 1. The third kappa shape index (κ3) is 6.24. The van der Waals surface area contributed by atoms with Crippen molar-refractivity contribution in [2.24, 2.45) is 0 Å². The number of anilines is 2. The van der Waals surface area contributed by atoms with E-state index in [9.17, 15) is 4.79 Å². The lowest BCUT2D eigenvalue weighted by atomic mass is 9.87. The number of nitrogens with zero attached hydrogens (tertiary/aromatic N) is 1. The second-order valence-corrected chi connectivity index (χ2v) is 11.0. The number of hydrogen-bond donors (Lipinski definition) is 2. The standard InChI is InChI=1S/C33H37N3O3/c1-33(2,3)25-13-16-31(38-4)30(21-25)35-32(37)34-29-15-14-26(27-7-5-6-8-28(27)29)24-11-9-23(10-12-24)22-36-17-19-39-20-18-36/h5-16,21H,17-20,22H2,1-4H3,(H2,34,35,37). The Balaban J connectivity index is 1.36. The highest BCUT2D eigenvalue weighted by Gasteiger charge is 2.18. The molecule has 4 aromatic carbocycles. The second kappa shape index (κ2) is 11.5. The Hall–Kier alpha value is -3.87. The van der Waals surface area contributed by atoms with Crippen LogP contribution in [0.3, 0.4) is 0 Å². The van der Waals surface area contributed by atoms with Crippen LogP contribution >= 0.6 is 0 Å². The number of carbonyl (C=O) groups is 1. The lowest BCUT2D eigenvalue weighted by Crippen LogP contribution is -2.35. The van der Waals surface area contributed by atoms with E-state index in [1.807, 2.05) is 42.5 Å². The molecule has 2 amide bonds. The molecule has 0 unspecified atom stereocenters. The lowest BCUT2D eigenvalue weighted by molar-refractivity contribution is 0.0342. The molecule has 0 aliphatic carbocycles. The van der Waals surface area contributed by atoms with Crippen LogP contribution in [-0.2, 0) is 16.7 Å². The summed E-state index contributed by atoms with van der Waals surface area (Å²) < 4.78 is 11.0. The monoisotopic (exact) mass is 523 g/mol. The minimum absolute atomic E-state index is 0.0497. The van der Waals surface area contributed by atoms with Gasteiger partial charge in [-0.3, -0.25) is 4.90 Å². The third-order valence-corrected chi connectivity index (χ3v) is 7.26. The number of rotatable bonds is 6. The van der Waals surface area contributed by atoms with Crippen LogP contribution in [-0.4, -0.2) is 44.3 Å². The van der Waals surface area contributed by atoms with E-state index in [1.165, 1.54) is 5.56 Å². The molecule has 1 aliphatic rings. The Morgan fingerprint density at radius 1 is 0.872 bits per heavy atom. The molecule has 2 N–H and O–H groups in total. The molecule has 1 saturated heterocycles. The van der Waals surface area contributed by atoms with Crippen LogP contribution in [0.5, 0.6) is 5.75 Å². The van der Waals surface area contributed by atoms with E-state index >= 15 is 0 Å². The van der Waals surface area contributed by atoms with Crippen molar-refractivity contribution in [3.63, 3.8) is 0 Å². The molecule has 0 bridgehead atoms. The van der Waals surface area contributed by atoms with Gasteiger partial charge in [0.05, 0.1) is 31.7 Å². The summed E-state index contributed by atoms with van der Waals surface area (Å²) in [4.78, 5) is 15.5. The fourth-order valence-electron chi connectivity index (χ4n) is 5.02. The molecule has 4 aromatic rings. The summed E-state index contributed by atoms with van der Waals surface area (Å²) in [7, 11) is 1.61. The highest BCUT2D eigenvalue weighted by molar-refractivity contribution is 6.10. The van der Waals surface area contributed by atoms with Crippen LogP contribution in [0.2, 0.25) is 0 Å². The number of hydrogen-bond acceptors (Lipinski definition) is 4. The number of nitrogens with one attached hydrogen (secondary N) is 2. The van der Waals surface area contributed by atoms with Crippen molar-refractivity contribution in [1.82, 2.24) is 4.90 Å². The zero-order valence-corrected chi connectivity index (χ0v) is 23.2. The topological polar surface area (TPSA) is 62.8 Å². The van der Waals surface area contributed by atoms with Crippen molar-refractivity contribution in [3.05, 3.63) is 90.0 Å². The number of benzene rings is 4. The van der Waals surface area contributed by atoms with E-state index in [4.69, 9.17) is 9.47 Å². The van der Waals surface area contributed by atoms with Gasteiger partial charge in [0.2, 0.25) is 0 Å². The number of amides is 2. The minimum Gasteiger partial charge on any atom is -0.495 e. The maximum Gasteiger partial charge on any atom is 0.323 e. The van der Waals surface area contributed by atoms with Crippen molar-refractivity contribution in [2.45, 2.75) is 32.7 Å². The number of urea groups is 1. The Morgan fingerprint density at radius 2 is 1.56 bits per heavy atom. The van der Waals surface area contributed by atoms with Gasteiger partial charge in [0.15, 0.2) is 0 Å². The molecule has 1 fully saturated rings. The van der Waals surface area contributed by atoms with Crippen LogP contribution in [0.4, 0.5) is 16.2 Å². The van der Waals surface area contributed by atoms with Gasteiger partial charge in [-0.1, -0.05) is 81.4 Å². The number of fused-ring (bicyclic) bond motifs is 1. The zero-order chi connectivity index (χ0) is 27.4. The van der Waals surface area contributed by atoms with Gasteiger partial charge < -0.3 is 20.1 Å². The molecule has 6 heteroatoms. The van der Waals surface area contributed by atoms with Crippen LogP contribution in [0, 0.1) is 0 Å². The van der Waals surface area contributed by atoms with Crippen LogP contribution in [0.15, 0.2) is 78.9 Å². The molecular formula is C33H37N3O3. The Morgan fingerprint density at radius 3 is 2.26 bits per heavy atom. The lowest BCUT2D eigenvalue weighted by Gasteiger charge is -2.26. The first-order valence-corrected chi connectivity index (χ1v) is 13.5. The first-order valence-electron chi connectivity index (χ1n) is 13.5. The van der Waals surface area contributed by atoms with Gasteiger partial charge in [0.25, 0.3) is 0 Å². The summed E-state index contributed by atoms with van der Waals surface area (Å²) in [6.07, 6.45) is 0. The first-order chi connectivity index (χ1) is 18.8. The number of carbonyl (C=O) groups excluding carboxylic acids is 1. The summed E-state index contributed by atoms with van der Waals surface area (Å²) in [6.45, 7) is 10.9. The van der Waals surface area contributed by atoms with Crippen molar-refractivity contribution >= 4 is 28.2 Å². The molecular weight excluding hydrogens is 486 g/mol. The van der Waals surface area contributed by atoms with Gasteiger partial charge in [-0.2, -0.15) is 0 Å². The largest absolute Gasteiger partial charge is 0.495 e. The molecule has 6 nitrogen and oxygen atoms in total. The number of morpholine rings is 1. The summed E-state index contributed by atoms with van der Waals surface area (Å²) in [5, 5.41) is 8.11. The molecule has 0 saturated carbocycles. The molecule has 0 aromatic heterocycles. The minimum atomic E-state index is -0.315. The van der Waals surface area contributed by atoms with E-state index in [0.29, 0.717) is 11.4 Å². The number of ether oxygens (including phenoxy) is 2. The third-order valence-electron chi connectivity index (χ3n) is 7.26.